The van der Waals surface area contributed by atoms with Crippen LogP contribution in [0.1, 0.15) is 16.1 Å². The molecule has 0 atom stereocenters. The number of carbonyl (C=O) groups is 1. The summed E-state index contributed by atoms with van der Waals surface area (Å²) in [6.07, 6.45) is 4.54. The van der Waals surface area contributed by atoms with Crippen LogP contribution in [0.5, 0.6) is 0 Å². The largest absolute Gasteiger partial charge is 0.397 e. The number of pyridine rings is 1. The van der Waals surface area contributed by atoms with Gasteiger partial charge in [0.05, 0.1) is 10.4 Å². The van der Waals surface area contributed by atoms with Gasteiger partial charge in [-0.3, -0.25) is 9.78 Å². The predicted octanol–water partition coefficient (Wildman–Crippen LogP) is 2.46. The van der Waals surface area contributed by atoms with Crippen LogP contribution in [0.25, 0.3) is 10.1 Å². The van der Waals surface area contributed by atoms with E-state index in [0.29, 0.717) is 10.6 Å². The molecule has 1 saturated heterocycles. The number of nitrogens with two attached hydrogens (primary N) is 1. The van der Waals surface area contributed by atoms with Gasteiger partial charge in [-0.1, -0.05) is 0 Å². The SMILES string of the molecule is Nc1c(C(=O)N2CCCSCC2)sc2cnccc12. The number of nitrogen functional groups attached to an aromatic ring is 1. The number of thioether (sulfide) groups is 1. The Morgan fingerprint density at radius 2 is 2.26 bits per heavy atom. The number of hydrogen-bond donors (Lipinski definition) is 1. The number of hydrogen-bond acceptors (Lipinski definition) is 5. The monoisotopic (exact) mass is 293 g/mol. The Kier molecular flexibility index (Phi) is 3.61. The summed E-state index contributed by atoms with van der Waals surface area (Å²) >= 11 is 3.36. The van der Waals surface area contributed by atoms with Crippen LogP contribution < -0.4 is 5.73 Å². The highest BCUT2D eigenvalue weighted by molar-refractivity contribution is 7.99. The molecule has 4 nitrogen and oxygen atoms in total. The Morgan fingerprint density at radius 1 is 1.37 bits per heavy atom. The number of anilines is 1. The second-order valence-electron chi connectivity index (χ2n) is 4.47. The Balaban J connectivity index is 1.94. The van der Waals surface area contributed by atoms with Crippen LogP contribution in [0, 0.1) is 0 Å². The molecule has 19 heavy (non-hydrogen) atoms. The quantitative estimate of drug-likeness (QED) is 0.877. The highest BCUT2D eigenvalue weighted by Crippen LogP contribution is 2.33. The first-order valence-electron chi connectivity index (χ1n) is 6.26. The summed E-state index contributed by atoms with van der Waals surface area (Å²) < 4.78 is 0.979. The average molecular weight is 293 g/mol. The van der Waals surface area contributed by atoms with Crippen molar-refractivity contribution in [3.05, 3.63) is 23.3 Å². The molecule has 0 bridgehead atoms. The number of rotatable bonds is 1. The summed E-state index contributed by atoms with van der Waals surface area (Å²) in [6, 6.07) is 1.87. The molecule has 2 aromatic rings. The van der Waals surface area contributed by atoms with Crippen molar-refractivity contribution in [3.8, 4) is 0 Å². The molecule has 1 aliphatic rings. The van der Waals surface area contributed by atoms with Crippen molar-refractivity contribution in [2.75, 3.05) is 30.3 Å². The van der Waals surface area contributed by atoms with E-state index < -0.39 is 0 Å². The summed E-state index contributed by atoms with van der Waals surface area (Å²) in [5, 5.41) is 0.938. The van der Waals surface area contributed by atoms with E-state index in [1.807, 2.05) is 22.7 Å². The van der Waals surface area contributed by atoms with Gasteiger partial charge >= 0.3 is 0 Å². The van der Waals surface area contributed by atoms with Gasteiger partial charge in [0.2, 0.25) is 0 Å². The molecule has 1 aliphatic heterocycles. The van der Waals surface area contributed by atoms with Crippen molar-refractivity contribution in [2.24, 2.45) is 0 Å². The second kappa shape index (κ2) is 5.38. The standard InChI is InChI=1S/C13H15N3OS2/c14-11-9-2-3-15-8-10(9)19-12(11)13(17)16-4-1-6-18-7-5-16/h2-3,8H,1,4-7,14H2. The molecule has 3 rings (SSSR count). The van der Waals surface area contributed by atoms with Gasteiger partial charge in [0.1, 0.15) is 4.88 Å². The Morgan fingerprint density at radius 3 is 3.11 bits per heavy atom. The summed E-state index contributed by atoms with van der Waals surface area (Å²) in [7, 11) is 0. The van der Waals surface area contributed by atoms with Gasteiger partial charge in [0.25, 0.3) is 5.91 Å². The molecular formula is C13H15N3OS2. The number of aromatic nitrogens is 1. The van der Waals surface area contributed by atoms with E-state index in [9.17, 15) is 4.79 Å². The van der Waals surface area contributed by atoms with E-state index in [1.165, 1.54) is 11.3 Å². The third-order valence-corrected chi connectivity index (χ3v) is 5.43. The van der Waals surface area contributed by atoms with Crippen molar-refractivity contribution < 1.29 is 4.79 Å². The first-order chi connectivity index (χ1) is 9.27. The van der Waals surface area contributed by atoms with Crippen LogP contribution in [0.2, 0.25) is 0 Å². The Hall–Kier alpha value is -1.27. The van der Waals surface area contributed by atoms with Crippen molar-refractivity contribution in [2.45, 2.75) is 6.42 Å². The molecule has 6 heteroatoms. The molecule has 0 aromatic carbocycles. The van der Waals surface area contributed by atoms with Crippen molar-refractivity contribution in [1.29, 1.82) is 0 Å². The minimum atomic E-state index is 0.0706. The smallest absolute Gasteiger partial charge is 0.266 e. The third-order valence-electron chi connectivity index (χ3n) is 3.24. The molecule has 0 spiro atoms. The van der Waals surface area contributed by atoms with Gasteiger partial charge in [-0.05, 0) is 18.2 Å². The van der Waals surface area contributed by atoms with Gasteiger partial charge in [-0.2, -0.15) is 11.8 Å². The average Bonchev–Trinajstić information content (AvgIpc) is 2.64. The zero-order chi connectivity index (χ0) is 13.2. The molecule has 2 N–H and O–H groups in total. The van der Waals surface area contributed by atoms with E-state index >= 15 is 0 Å². The van der Waals surface area contributed by atoms with E-state index in [4.69, 9.17) is 5.73 Å². The van der Waals surface area contributed by atoms with Crippen molar-refractivity contribution in [1.82, 2.24) is 9.88 Å². The fraction of sp³-hybridized carbons (Fsp3) is 0.385. The number of thiophene rings is 1. The third kappa shape index (κ3) is 2.42. The van der Waals surface area contributed by atoms with Crippen LogP contribution in [0.15, 0.2) is 18.5 Å². The molecule has 0 radical (unpaired) electrons. The Bertz CT molecular complexity index is 603. The zero-order valence-electron chi connectivity index (χ0n) is 10.5. The number of fused-ring (bicyclic) bond motifs is 1. The topological polar surface area (TPSA) is 59.2 Å². The summed E-state index contributed by atoms with van der Waals surface area (Å²) in [4.78, 5) is 19.2. The van der Waals surface area contributed by atoms with E-state index in [2.05, 4.69) is 4.98 Å². The maximum Gasteiger partial charge on any atom is 0.266 e. The van der Waals surface area contributed by atoms with E-state index in [-0.39, 0.29) is 5.91 Å². The van der Waals surface area contributed by atoms with Crippen LogP contribution in [-0.2, 0) is 0 Å². The molecule has 0 saturated carbocycles. The highest BCUT2D eigenvalue weighted by Gasteiger charge is 2.22. The van der Waals surface area contributed by atoms with Crippen molar-refractivity contribution >= 4 is 44.8 Å². The Labute approximate surface area is 120 Å². The summed E-state index contributed by atoms with van der Waals surface area (Å²) in [5.41, 5.74) is 6.72. The molecule has 0 unspecified atom stereocenters. The first-order valence-corrected chi connectivity index (χ1v) is 8.23. The summed E-state index contributed by atoms with van der Waals surface area (Å²) in [6.45, 7) is 1.65. The van der Waals surface area contributed by atoms with Gasteiger partial charge in [-0.15, -0.1) is 11.3 Å². The number of nitrogens with zero attached hydrogens (tertiary/aromatic N) is 2. The molecular weight excluding hydrogens is 278 g/mol. The lowest BCUT2D eigenvalue weighted by molar-refractivity contribution is 0.0774. The molecule has 1 amide bonds. The fourth-order valence-corrected chi connectivity index (χ4v) is 4.17. The fourth-order valence-electron chi connectivity index (χ4n) is 2.22. The van der Waals surface area contributed by atoms with Crippen LogP contribution in [0.4, 0.5) is 5.69 Å². The van der Waals surface area contributed by atoms with Crippen LogP contribution in [0.3, 0.4) is 0 Å². The zero-order valence-corrected chi connectivity index (χ0v) is 12.1. The maximum absolute atomic E-state index is 12.6. The molecule has 3 heterocycles. The van der Waals surface area contributed by atoms with Gasteiger partial charge < -0.3 is 10.6 Å². The predicted molar refractivity (Wildman–Crippen MR) is 81.9 cm³/mol. The lowest BCUT2D eigenvalue weighted by Gasteiger charge is -2.19. The number of amides is 1. The molecule has 2 aromatic heterocycles. The lowest BCUT2D eigenvalue weighted by atomic mass is 10.2. The van der Waals surface area contributed by atoms with E-state index in [0.717, 1.165) is 41.1 Å². The number of carbonyl (C=O) groups excluding carboxylic acids is 1. The van der Waals surface area contributed by atoms with Gasteiger partial charge in [-0.25, -0.2) is 0 Å². The van der Waals surface area contributed by atoms with Crippen LogP contribution >= 0.6 is 23.1 Å². The minimum Gasteiger partial charge on any atom is -0.397 e. The lowest BCUT2D eigenvalue weighted by Crippen LogP contribution is -2.32. The van der Waals surface area contributed by atoms with Gasteiger partial charge in [0, 0.05) is 36.6 Å². The summed E-state index contributed by atoms with van der Waals surface area (Å²) in [5.74, 6) is 2.22. The van der Waals surface area contributed by atoms with Crippen molar-refractivity contribution in [3.63, 3.8) is 0 Å². The first kappa shape index (κ1) is 12.7. The minimum absolute atomic E-state index is 0.0706. The highest BCUT2D eigenvalue weighted by atomic mass is 32.2. The van der Waals surface area contributed by atoms with Crippen LogP contribution in [-0.4, -0.2) is 40.4 Å². The molecule has 0 aliphatic carbocycles. The molecule has 100 valence electrons. The van der Waals surface area contributed by atoms with Gasteiger partial charge in [0.15, 0.2) is 0 Å². The maximum atomic E-state index is 12.6. The second-order valence-corrected chi connectivity index (χ2v) is 6.75. The van der Waals surface area contributed by atoms with E-state index in [1.54, 1.807) is 12.4 Å². The normalized spacial score (nSPS) is 16.5. The molecule has 1 fully saturated rings.